The van der Waals surface area contributed by atoms with Gasteiger partial charge in [0, 0.05) is 6.54 Å². The molecule has 0 bridgehead atoms. The van der Waals surface area contributed by atoms with Crippen molar-refractivity contribution in [3.63, 3.8) is 0 Å². The van der Waals surface area contributed by atoms with Crippen molar-refractivity contribution in [2.45, 2.75) is 13.3 Å². The van der Waals surface area contributed by atoms with E-state index in [1.807, 2.05) is 25.1 Å². The fourth-order valence-corrected chi connectivity index (χ4v) is 1.38. The molecule has 1 aromatic rings. The van der Waals surface area contributed by atoms with Crippen molar-refractivity contribution in [1.82, 2.24) is 5.32 Å². The number of ether oxygens (including phenoxy) is 2. The van der Waals surface area contributed by atoms with E-state index in [0.29, 0.717) is 24.5 Å². The number of nitrogens with one attached hydrogen (secondary N) is 1. The zero-order valence-corrected chi connectivity index (χ0v) is 10.1. The molecule has 0 atom stereocenters. The molecule has 0 aliphatic carbocycles. The first-order valence-corrected chi connectivity index (χ1v) is 5.43. The van der Waals surface area contributed by atoms with E-state index >= 15 is 0 Å². The number of benzene rings is 1. The van der Waals surface area contributed by atoms with Gasteiger partial charge in [0.25, 0.3) is 0 Å². The lowest BCUT2D eigenvalue weighted by atomic mass is 10.1. The molecule has 0 aliphatic heterocycles. The molecule has 0 heterocycles. The Bertz CT molecular complexity index is 388. The molecule has 0 aromatic heterocycles. The molecule has 1 N–H and O–H groups in total. The normalized spacial score (nSPS) is 10.2. The monoisotopic (exact) mass is 235 g/mol. The van der Waals surface area contributed by atoms with Crippen LogP contribution in [-0.2, 0) is 11.2 Å². The van der Waals surface area contributed by atoms with Gasteiger partial charge in [-0.05, 0) is 31.0 Å². The summed E-state index contributed by atoms with van der Waals surface area (Å²) in [7, 11) is 1.60. The van der Waals surface area contributed by atoms with Gasteiger partial charge in [-0.3, -0.25) is 4.79 Å². The number of allylic oxidation sites excluding steroid dienone is 1. The fraction of sp³-hybridized carbons (Fsp3) is 0.308. The Morgan fingerprint density at radius 3 is 2.82 bits per heavy atom. The van der Waals surface area contributed by atoms with Crippen molar-refractivity contribution in [1.29, 1.82) is 0 Å². The lowest BCUT2D eigenvalue weighted by molar-refractivity contribution is -0.109. The SMILES string of the molecule is C/C=C\Oc1ccc(CCNC=O)cc1OC. The molecule has 0 fully saturated rings. The van der Waals surface area contributed by atoms with Crippen LogP contribution in [0, 0.1) is 0 Å². The van der Waals surface area contributed by atoms with Gasteiger partial charge in [0.2, 0.25) is 6.41 Å². The minimum Gasteiger partial charge on any atom is -0.493 e. The van der Waals surface area contributed by atoms with E-state index in [1.54, 1.807) is 19.4 Å². The van der Waals surface area contributed by atoms with E-state index in [2.05, 4.69) is 5.32 Å². The molecule has 0 unspecified atom stereocenters. The topological polar surface area (TPSA) is 47.6 Å². The average molecular weight is 235 g/mol. The first-order chi connectivity index (χ1) is 8.31. The molecule has 1 amide bonds. The van der Waals surface area contributed by atoms with Gasteiger partial charge < -0.3 is 14.8 Å². The van der Waals surface area contributed by atoms with E-state index in [0.717, 1.165) is 12.0 Å². The van der Waals surface area contributed by atoms with Gasteiger partial charge in [-0.25, -0.2) is 0 Å². The van der Waals surface area contributed by atoms with E-state index in [9.17, 15) is 4.79 Å². The summed E-state index contributed by atoms with van der Waals surface area (Å²) < 4.78 is 10.6. The molecule has 0 radical (unpaired) electrons. The van der Waals surface area contributed by atoms with Crippen LogP contribution in [0.1, 0.15) is 12.5 Å². The Labute approximate surface area is 101 Å². The van der Waals surface area contributed by atoms with E-state index in [4.69, 9.17) is 9.47 Å². The smallest absolute Gasteiger partial charge is 0.207 e. The van der Waals surface area contributed by atoms with Crippen LogP contribution in [0.5, 0.6) is 11.5 Å². The van der Waals surface area contributed by atoms with Gasteiger partial charge in [-0.2, -0.15) is 0 Å². The number of rotatable bonds is 7. The predicted octanol–water partition coefficient (Wildman–Crippen LogP) is 1.90. The Morgan fingerprint density at radius 2 is 2.18 bits per heavy atom. The standard InChI is InChI=1S/C13H17NO3/c1-3-8-17-12-5-4-11(6-7-14-10-15)9-13(12)16-2/h3-5,8-10H,6-7H2,1-2H3,(H,14,15)/b8-3-. The third kappa shape index (κ3) is 4.18. The quantitative estimate of drug-likeness (QED) is 0.446. The molecule has 4 nitrogen and oxygen atoms in total. The maximum atomic E-state index is 10.1. The molecular formula is C13H17NO3. The fourth-order valence-electron chi connectivity index (χ4n) is 1.38. The molecule has 1 rings (SSSR count). The Balaban J connectivity index is 2.73. The molecule has 0 aliphatic rings. The van der Waals surface area contributed by atoms with Crippen LogP contribution < -0.4 is 14.8 Å². The number of hydrogen-bond donors (Lipinski definition) is 1. The van der Waals surface area contributed by atoms with Crippen LogP contribution in [0.3, 0.4) is 0 Å². The van der Waals surface area contributed by atoms with Crippen molar-refractivity contribution in [3.8, 4) is 11.5 Å². The van der Waals surface area contributed by atoms with Gasteiger partial charge in [-0.15, -0.1) is 0 Å². The summed E-state index contributed by atoms with van der Waals surface area (Å²) >= 11 is 0. The van der Waals surface area contributed by atoms with Gasteiger partial charge in [0.15, 0.2) is 11.5 Å². The summed E-state index contributed by atoms with van der Waals surface area (Å²) in [6.07, 6.45) is 4.87. The molecule has 0 spiro atoms. The minimum absolute atomic E-state index is 0.613. The summed E-state index contributed by atoms with van der Waals surface area (Å²) in [4.78, 5) is 10.1. The predicted molar refractivity (Wildman–Crippen MR) is 66.2 cm³/mol. The molecule has 0 saturated heterocycles. The van der Waals surface area contributed by atoms with Crippen LogP contribution >= 0.6 is 0 Å². The van der Waals surface area contributed by atoms with E-state index in [1.165, 1.54) is 0 Å². The highest BCUT2D eigenvalue weighted by atomic mass is 16.5. The van der Waals surface area contributed by atoms with Crippen molar-refractivity contribution in [2.24, 2.45) is 0 Å². The van der Waals surface area contributed by atoms with Crippen molar-refractivity contribution >= 4 is 6.41 Å². The number of amides is 1. The Kier molecular flexibility index (Phi) is 5.64. The van der Waals surface area contributed by atoms with Crippen molar-refractivity contribution in [2.75, 3.05) is 13.7 Å². The highest BCUT2D eigenvalue weighted by Gasteiger charge is 2.04. The largest absolute Gasteiger partial charge is 0.493 e. The summed E-state index contributed by atoms with van der Waals surface area (Å²) in [6.45, 7) is 2.49. The minimum atomic E-state index is 0.613. The average Bonchev–Trinajstić information content (AvgIpc) is 2.37. The van der Waals surface area contributed by atoms with Gasteiger partial charge in [0.1, 0.15) is 0 Å². The van der Waals surface area contributed by atoms with E-state index < -0.39 is 0 Å². The summed E-state index contributed by atoms with van der Waals surface area (Å²) in [6, 6.07) is 5.72. The first-order valence-electron chi connectivity index (χ1n) is 5.43. The Morgan fingerprint density at radius 1 is 1.35 bits per heavy atom. The summed E-state index contributed by atoms with van der Waals surface area (Å²) in [5, 5.41) is 2.62. The second kappa shape index (κ2) is 7.33. The first kappa shape index (κ1) is 13.1. The van der Waals surface area contributed by atoms with E-state index in [-0.39, 0.29) is 0 Å². The highest BCUT2D eigenvalue weighted by Crippen LogP contribution is 2.28. The maximum Gasteiger partial charge on any atom is 0.207 e. The third-order valence-electron chi connectivity index (χ3n) is 2.20. The molecule has 4 heteroatoms. The molecule has 1 aromatic carbocycles. The van der Waals surface area contributed by atoms with Crippen molar-refractivity contribution < 1.29 is 14.3 Å². The van der Waals surface area contributed by atoms with Crippen LogP contribution in [0.15, 0.2) is 30.5 Å². The van der Waals surface area contributed by atoms with Gasteiger partial charge in [0.05, 0.1) is 13.4 Å². The summed E-state index contributed by atoms with van der Waals surface area (Å²) in [5.41, 5.74) is 1.09. The van der Waals surface area contributed by atoms with Crippen LogP contribution in [0.25, 0.3) is 0 Å². The molecule has 92 valence electrons. The zero-order valence-electron chi connectivity index (χ0n) is 10.1. The second-order valence-corrected chi connectivity index (χ2v) is 3.39. The number of hydrogen-bond acceptors (Lipinski definition) is 3. The number of carbonyl (C=O) groups is 1. The zero-order chi connectivity index (χ0) is 12.5. The van der Waals surface area contributed by atoms with Gasteiger partial charge >= 0.3 is 0 Å². The molecule has 17 heavy (non-hydrogen) atoms. The lowest BCUT2D eigenvalue weighted by Crippen LogP contribution is -2.14. The van der Waals surface area contributed by atoms with Crippen LogP contribution in [-0.4, -0.2) is 20.1 Å². The van der Waals surface area contributed by atoms with Gasteiger partial charge in [-0.1, -0.05) is 12.1 Å². The molecular weight excluding hydrogens is 218 g/mol. The van der Waals surface area contributed by atoms with Crippen LogP contribution in [0.4, 0.5) is 0 Å². The maximum absolute atomic E-state index is 10.1. The lowest BCUT2D eigenvalue weighted by Gasteiger charge is -2.09. The summed E-state index contributed by atoms with van der Waals surface area (Å²) in [5.74, 6) is 1.37. The second-order valence-electron chi connectivity index (χ2n) is 3.39. The number of carbonyl (C=O) groups excluding carboxylic acids is 1. The highest BCUT2D eigenvalue weighted by molar-refractivity contribution is 5.46. The van der Waals surface area contributed by atoms with Crippen molar-refractivity contribution in [3.05, 3.63) is 36.1 Å². The molecule has 0 saturated carbocycles. The van der Waals surface area contributed by atoms with Crippen LogP contribution in [0.2, 0.25) is 0 Å². The number of methoxy groups -OCH3 is 1. The Hall–Kier alpha value is -1.97. The third-order valence-corrected chi connectivity index (χ3v) is 2.20.